The number of benzene rings is 1. The Morgan fingerprint density at radius 2 is 2.06 bits per heavy atom. The summed E-state index contributed by atoms with van der Waals surface area (Å²) < 4.78 is 21.5. The molecule has 0 saturated heterocycles. The minimum Gasteiger partial charge on any atom is -0.458 e. The Morgan fingerprint density at radius 1 is 1.28 bits per heavy atom. The molecule has 3 aromatic rings. The first-order chi connectivity index (χ1) is 15.3. The van der Waals surface area contributed by atoms with E-state index >= 15 is 0 Å². The van der Waals surface area contributed by atoms with E-state index in [2.05, 4.69) is 6.92 Å². The number of hydrogen-bond acceptors (Lipinski definition) is 5. The molecule has 0 amide bonds. The summed E-state index contributed by atoms with van der Waals surface area (Å²) in [5.74, 6) is -0.763. The smallest absolute Gasteiger partial charge is 0.343 e. The van der Waals surface area contributed by atoms with Crippen LogP contribution in [-0.2, 0) is 34.7 Å². The first kappa shape index (κ1) is 19.6. The third-order valence-electron chi connectivity index (χ3n) is 7.67. The van der Waals surface area contributed by atoms with Crippen LogP contribution in [0, 0.1) is 12.7 Å². The highest BCUT2D eigenvalue weighted by Gasteiger charge is 2.45. The van der Waals surface area contributed by atoms with Crippen LogP contribution in [0.1, 0.15) is 66.0 Å². The SMILES string of the molecule is CC[C@@]1(O)C(=O)OCc2c1cc1n(c2=O)Cc2c-1nc1cc(F)c(C)c3c1c2[C@H](C)CC3. The van der Waals surface area contributed by atoms with Gasteiger partial charge in [-0.2, -0.15) is 0 Å². The molecule has 7 heteroatoms. The zero-order valence-electron chi connectivity index (χ0n) is 18.2. The zero-order valence-corrected chi connectivity index (χ0v) is 18.2. The highest BCUT2D eigenvalue weighted by atomic mass is 19.1. The molecule has 2 aliphatic heterocycles. The molecule has 1 aliphatic carbocycles. The lowest BCUT2D eigenvalue weighted by Gasteiger charge is -2.31. The number of rotatable bonds is 1. The number of cyclic esters (lactones) is 1. The van der Waals surface area contributed by atoms with E-state index in [0.29, 0.717) is 40.1 Å². The van der Waals surface area contributed by atoms with Gasteiger partial charge >= 0.3 is 5.97 Å². The predicted molar refractivity (Wildman–Crippen MR) is 116 cm³/mol. The van der Waals surface area contributed by atoms with Gasteiger partial charge in [0.25, 0.3) is 5.56 Å². The van der Waals surface area contributed by atoms with Gasteiger partial charge < -0.3 is 14.4 Å². The maximum atomic E-state index is 14.7. The quantitative estimate of drug-likeness (QED) is 0.463. The number of aromatic nitrogens is 2. The number of hydrogen-bond donors (Lipinski definition) is 1. The number of carbonyl (C=O) groups is 1. The summed E-state index contributed by atoms with van der Waals surface area (Å²) in [7, 11) is 0. The predicted octanol–water partition coefficient (Wildman–Crippen LogP) is 3.58. The van der Waals surface area contributed by atoms with E-state index in [1.54, 1.807) is 17.6 Å². The molecule has 0 fully saturated rings. The summed E-state index contributed by atoms with van der Waals surface area (Å²) >= 11 is 0. The lowest BCUT2D eigenvalue weighted by atomic mass is 9.79. The molecule has 1 N–H and O–H groups in total. The molecule has 6 rings (SSSR count). The van der Waals surface area contributed by atoms with E-state index in [4.69, 9.17) is 9.72 Å². The van der Waals surface area contributed by atoms with Gasteiger partial charge in [-0.1, -0.05) is 13.8 Å². The Hall–Kier alpha value is -3.06. The van der Waals surface area contributed by atoms with E-state index in [1.807, 2.05) is 6.92 Å². The number of aliphatic hydroxyl groups is 1. The maximum absolute atomic E-state index is 14.7. The number of nitrogens with zero attached hydrogens (tertiary/aromatic N) is 2. The minimum atomic E-state index is -1.86. The van der Waals surface area contributed by atoms with E-state index in [1.165, 1.54) is 6.07 Å². The van der Waals surface area contributed by atoms with E-state index in [-0.39, 0.29) is 30.3 Å². The molecule has 164 valence electrons. The Balaban J connectivity index is 1.70. The summed E-state index contributed by atoms with van der Waals surface area (Å²) in [5, 5.41) is 12.0. The third kappa shape index (κ3) is 2.24. The van der Waals surface area contributed by atoms with Gasteiger partial charge in [-0.25, -0.2) is 14.2 Å². The second-order valence-corrected chi connectivity index (χ2v) is 9.25. The molecule has 0 spiro atoms. The summed E-state index contributed by atoms with van der Waals surface area (Å²) in [4.78, 5) is 30.6. The monoisotopic (exact) mass is 434 g/mol. The lowest BCUT2D eigenvalue weighted by molar-refractivity contribution is -0.172. The molecule has 4 heterocycles. The summed E-state index contributed by atoms with van der Waals surface area (Å²) in [6.07, 6.45) is 1.80. The number of aryl methyl sites for hydroxylation is 1. The number of fused-ring (bicyclic) bond motifs is 5. The first-order valence-corrected chi connectivity index (χ1v) is 11.1. The van der Waals surface area contributed by atoms with Crippen LogP contribution in [-0.4, -0.2) is 20.6 Å². The Labute approximate surface area is 183 Å². The second kappa shape index (κ2) is 6.25. The molecule has 0 saturated carbocycles. The van der Waals surface area contributed by atoms with Crippen LogP contribution in [0.3, 0.4) is 0 Å². The maximum Gasteiger partial charge on any atom is 0.343 e. The average Bonchev–Trinajstić information content (AvgIpc) is 3.14. The molecule has 6 nitrogen and oxygen atoms in total. The molecular formula is C25H23FN2O4. The van der Waals surface area contributed by atoms with E-state index in [9.17, 15) is 19.1 Å². The Kier molecular flexibility index (Phi) is 3.83. The fourth-order valence-corrected chi connectivity index (χ4v) is 5.79. The van der Waals surface area contributed by atoms with Crippen LogP contribution in [0.5, 0.6) is 0 Å². The molecular weight excluding hydrogens is 411 g/mol. The normalized spacial score (nSPS) is 23.0. The van der Waals surface area contributed by atoms with Crippen molar-refractivity contribution >= 4 is 16.9 Å². The van der Waals surface area contributed by atoms with Crippen molar-refractivity contribution in [2.45, 2.75) is 64.7 Å². The van der Waals surface area contributed by atoms with Crippen LogP contribution in [0.4, 0.5) is 4.39 Å². The summed E-state index contributed by atoms with van der Waals surface area (Å²) in [5.41, 5.74) is 4.02. The molecule has 0 bridgehead atoms. The van der Waals surface area contributed by atoms with E-state index in [0.717, 1.165) is 34.9 Å². The number of pyridine rings is 2. The third-order valence-corrected chi connectivity index (χ3v) is 7.67. The second-order valence-electron chi connectivity index (χ2n) is 9.25. The molecule has 2 aromatic heterocycles. The van der Waals surface area contributed by atoms with Crippen molar-refractivity contribution < 1.29 is 19.0 Å². The highest BCUT2D eigenvalue weighted by molar-refractivity contribution is 5.93. The van der Waals surface area contributed by atoms with Crippen LogP contribution in [0.25, 0.3) is 22.3 Å². The van der Waals surface area contributed by atoms with Gasteiger partial charge in [-0.3, -0.25) is 4.79 Å². The zero-order chi connectivity index (χ0) is 22.5. The summed E-state index contributed by atoms with van der Waals surface area (Å²) in [6.45, 7) is 5.87. The molecule has 1 aromatic carbocycles. The van der Waals surface area contributed by atoms with Gasteiger partial charge in [0.2, 0.25) is 0 Å². The van der Waals surface area contributed by atoms with Gasteiger partial charge in [0.15, 0.2) is 5.60 Å². The molecule has 32 heavy (non-hydrogen) atoms. The first-order valence-electron chi connectivity index (χ1n) is 11.1. The standard InChI is InChI=1S/C25H23FN2O4/c1-4-25(31)16-7-19-22-14(9-28(19)23(29)15(16)10-32-24(25)30)20-11(2)5-6-13-12(3)17(26)8-18(27-22)21(13)20/h7-8,11,31H,4-6,9-10H2,1-3H3/t11-,25+/m1/s1. The van der Waals surface area contributed by atoms with Crippen molar-refractivity contribution in [2.75, 3.05) is 0 Å². The van der Waals surface area contributed by atoms with E-state index < -0.39 is 11.6 Å². The Morgan fingerprint density at radius 3 is 2.81 bits per heavy atom. The van der Waals surface area contributed by atoms with Crippen molar-refractivity contribution in [1.82, 2.24) is 9.55 Å². The lowest BCUT2D eigenvalue weighted by Crippen LogP contribution is -2.44. The van der Waals surface area contributed by atoms with Gasteiger partial charge in [-0.05, 0) is 54.9 Å². The van der Waals surface area contributed by atoms with Crippen molar-refractivity contribution in [3.8, 4) is 11.4 Å². The Bertz CT molecular complexity index is 1440. The largest absolute Gasteiger partial charge is 0.458 e. The number of ether oxygens (including phenoxy) is 1. The van der Waals surface area contributed by atoms with Crippen molar-refractivity contribution in [3.63, 3.8) is 0 Å². The van der Waals surface area contributed by atoms with Gasteiger partial charge in [0.1, 0.15) is 12.4 Å². The molecule has 2 atom stereocenters. The van der Waals surface area contributed by atoms with Crippen molar-refractivity contribution in [2.24, 2.45) is 0 Å². The van der Waals surface area contributed by atoms with Crippen molar-refractivity contribution in [3.05, 3.63) is 61.7 Å². The van der Waals surface area contributed by atoms with Crippen LogP contribution < -0.4 is 5.56 Å². The summed E-state index contributed by atoms with van der Waals surface area (Å²) in [6, 6.07) is 3.19. The molecule has 3 aliphatic rings. The van der Waals surface area contributed by atoms with Gasteiger partial charge in [-0.15, -0.1) is 0 Å². The number of halogens is 1. The minimum absolute atomic E-state index is 0.0931. The number of esters is 1. The van der Waals surface area contributed by atoms with Crippen LogP contribution in [0.2, 0.25) is 0 Å². The fraction of sp³-hybridized carbons (Fsp3) is 0.400. The van der Waals surface area contributed by atoms with Crippen LogP contribution in [0.15, 0.2) is 16.9 Å². The fourth-order valence-electron chi connectivity index (χ4n) is 5.79. The average molecular weight is 434 g/mol. The highest BCUT2D eigenvalue weighted by Crippen LogP contribution is 2.46. The van der Waals surface area contributed by atoms with Crippen molar-refractivity contribution in [1.29, 1.82) is 0 Å². The topological polar surface area (TPSA) is 81.4 Å². The van der Waals surface area contributed by atoms with Gasteiger partial charge in [0.05, 0.1) is 29.0 Å². The van der Waals surface area contributed by atoms with Crippen LogP contribution >= 0.6 is 0 Å². The molecule has 0 unspecified atom stereocenters. The molecule has 0 radical (unpaired) electrons. The number of carbonyl (C=O) groups excluding carboxylic acids is 1. The van der Waals surface area contributed by atoms with Gasteiger partial charge in [0, 0.05) is 22.6 Å².